The largest absolute Gasteiger partial charge is 0.389 e. The predicted octanol–water partition coefficient (Wildman–Crippen LogP) is 0.0379. The highest BCUT2D eigenvalue weighted by Crippen LogP contribution is 2.29. The molecule has 0 saturated carbocycles. The summed E-state index contributed by atoms with van der Waals surface area (Å²) >= 11 is 0. The van der Waals surface area contributed by atoms with Crippen LogP contribution in [-0.4, -0.2) is 42.3 Å². The Labute approximate surface area is 74.5 Å². The standard InChI is InChI=1S/C9H20N2O/c1-8-7-11(2)6-4-9(8,12)3-5-10/h8,12H,3-7,10H2,1-2H3. The minimum atomic E-state index is -0.499. The second-order valence-electron chi connectivity index (χ2n) is 4.06. The number of hydrogen-bond acceptors (Lipinski definition) is 3. The normalized spacial score (nSPS) is 38.5. The number of piperidine rings is 1. The number of rotatable bonds is 2. The molecular weight excluding hydrogens is 152 g/mol. The van der Waals surface area contributed by atoms with E-state index in [1.165, 1.54) is 0 Å². The van der Waals surface area contributed by atoms with Crippen molar-refractivity contribution < 1.29 is 5.11 Å². The van der Waals surface area contributed by atoms with Gasteiger partial charge in [-0.3, -0.25) is 0 Å². The van der Waals surface area contributed by atoms with E-state index in [0.717, 1.165) is 25.9 Å². The molecule has 1 heterocycles. The SMILES string of the molecule is CC1CN(C)CCC1(O)CCN. The third-order valence-electron chi connectivity index (χ3n) is 3.01. The first kappa shape index (κ1) is 9.96. The van der Waals surface area contributed by atoms with E-state index in [4.69, 9.17) is 5.73 Å². The van der Waals surface area contributed by atoms with Gasteiger partial charge in [0.15, 0.2) is 0 Å². The van der Waals surface area contributed by atoms with E-state index in [9.17, 15) is 5.11 Å². The highest BCUT2D eigenvalue weighted by atomic mass is 16.3. The Hall–Kier alpha value is -0.120. The van der Waals surface area contributed by atoms with E-state index in [0.29, 0.717) is 12.5 Å². The van der Waals surface area contributed by atoms with Crippen molar-refractivity contribution in [3.63, 3.8) is 0 Å². The summed E-state index contributed by atoms with van der Waals surface area (Å²) in [5, 5.41) is 10.2. The first-order valence-corrected chi connectivity index (χ1v) is 4.69. The Morgan fingerprint density at radius 1 is 1.67 bits per heavy atom. The summed E-state index contributed by atoms with van der Waals surface area (Å²) in [4.78, 5) is 2.26. The monoisotopic (exact) mass is 172 g/mol. The second kappa shape index (κ2) is 3.73. The fraction of sp³-hybridized carbons (Fsp3) is 1.00. The van der Waals surface area contributed by atoms with Crippen molar-refractivity contribution in [2.45, 2.75) is 25.4 Å². The fourth-order valence-electron chi connectivity index (χ4n) is 1.98. The van der Waals surface area contributed by atoms with Gasteiger partial charge >= 0.3 is 0 Å². The van der Waals surface area contributed by atoms with Crippen LogP contribution in [0.2, 0.25) is 0 Å². The maximum atomic E-state index is 10.2. The Morgan fingerprint density at radius 2 is 2.33 bits per heavy atom. The van der Waals surface area contributed by atoms with Crippen molar-refractivity contribution in [3.05, 3.63) is 0 Å². The summed E-state index contributed by atoms with van der Waals surface area (Å²) in [5.41, 5.74) is 4.97. The molecule has 0 spiro atoms. The first-order chi connectivity index (χ1) is 5.58. The van der Waals surface area contributed by atoms with Gasteiger partial charge in [0.25, 0.3) is 0 Å². The molecule has 72 valence electrons. The van der Waals surface area contributed by atoms with Crippen LogP contribution in [0.4, 0.5) is 0 Å². The van der Waals surface area contributed by atoms with Crippen LogP contribution in [0.15, 0.2) is 0 Å². The molecule has 3 N–H and O–H groups in total. The predicted molar refractivity (Wildman–Crippen MR) is 49.9 cm³/mol. The van der Waals surface area contributed by atoms with Gasteiger partial charge in [-0.1, -0.05) is 6.92 Å². The molecular formula is C9H20N2O. The van der Waals surface area contributed by atoms with Crippen LogP contribution >= 0.6 is 0 Å². The Balaban J connectivity index is 2.53. The van der Waals surface area contributed by atoms with E-state index in [1.807, 2.05) is 0 Å². The molecule has 0 bridgehead atoms. The summed E-state index contributed by atoms with van der Waals surface area (Å²) in [5.74, 6) is 0.347. The third kappa shape index (κ3) is 1.97. The quantitative estimate of drug-likeness (QED) is 0.618. The smallest absolute Gasteiger partial charge is 0.0709 e. The molecule has 0 aromatic carbocycles. The lowest BCUT2D eigenvalue weighted by Crippen LogP contribution is -2.50. The van der Waals surface area contributed by atoms with E-state index in [2.05, 4.69) is 18.9 Å². The van der Waals surface area contributed by atoms with Crippen LogP contribution in [0, 0.1) is 5.92 Å². The Morgan fingerprint density at radius 3 is 2.83 bits per heavy atom. The van der Waals surface area contributed by atoms with Gasteiger partial charge in [0, 0.05) is 13.1 Å². The van der Waals surface area contributed by atoms with Gasteiger partial charge in [-0.2, -0.15) is 0 Å². The molecule has 3 heteroatoms. The fourth-order valence-corrected chi connectivity index (χ4v) is 1.98. The lowest BCUT2D eigenvalue weighted by Gasteiger charge is -2.42. The molecule has 12 heavy (non-hydrogen) atoms. The van der Waals surface area contributed by atoms with Crippen LogP contribution in [0.1, 0.15) is 19.8 Å². The molecule has 0 radical (unpaired) electrons. The second-order valence-corrected chi connectivity index (χ2v) is 4.06. The summed E-state index contributed by atoms with van der Waals surface area (Å²) in [7, 11) is 2.10. The van der Waals surface area contributed by atoms with Crippen LogP contribution in [-0.2, 0) is 0 Å². The van der Waals surface area contributed by atoms with Crippen molar-refractivity contribution in [2.75, 3.05) is 26.7 Å². The van der Waals surface area contributed by atoms with Gasteiger partial charge < -0.3 is 15.7 Å². The molecule has 1 aliphatic heterocycles. The third-order valence-corrected chi connectivity index (χ3v) is 3.01. The number of nitrogens with zero attached hydrogens (tertiary/aromatic N) is 1. The maximum Gasteiger partial charge on any atom is 0.0709 e. The van der Waals surface area contributed by atoms with Crippen LogP contribution < -0.4 is 5.73 Å². The molecule has 0 amide bonds. The van der Waals surface area contributed by atoms with Crippen molar-refractivity contribution in [2.24, 2.45) is 11.7 Å². The highest BCUT2D eigenvalue weighted by molar-refractivity contribution is 4.90. The zero-order valence-electron chi connectivity index (χ0n) is 8.08. The maximum absolute atomic E-state index is 10.2. The van der Waals surface area contributed by atoms with Crippen molar-refractivity contribution >= 4 is 0 Å². The van der Waals surface area contributed by atoms with Gasteiger partial charge in [-0.05, 0) is 32.4 Å². The van der Waals surface area contributed by atoms with Gasteiger partial charge in [0.1, 0.15) is 0 Å². The molecule has 2 unspecified atom stereocenters. The van der Waals surface area contributed by atoms with Crippen molar-refractivity contribution in [1.82, 2.24) is 4.90 Å². The lowest BCUT2D eigenvalue weighted by molar-refractivity contribution is -0.0641. The number of nitrogens with two attached hydrogens (primary N) is 1. The molecule has 1 fully saturated rings. The van der Waals surface area contributed by atoms with Gasteiger partial charge in [0.05, 0.1) is 5.60 Å². The summed E-state index contributed by atoms with van der Waals surface area (Å²) in [6.07, 6.45) is 1.60. The Kier molecular flexibility index (Phi) is 3.09. The molecule has 1 saturated heterocycles. The van der Waals surface area contributed by atoms with Crippen LogP contribution in [0.3, 0.4) is 0 Å². The zero-order chi connectivity index (χ0) is 9.19. The molecule has 3 nitrogen and oxygen atoms in total. The number of hydrogen-bond donors (Lipinski definition) is 2. The van der Waals surface area contributed by atoms with Gasteiger partial charge in [-0.25, -0.2) is 0 Å². The minimum Gasteiger partial charge on any atom is -0.389 e. The van der Waals surface area contributed by atoms with E-state index in [-0.39, 0.29) is 0 Å². The summed E-state index contributed by atoms with van der Waals surface area (Å²) < 4.78 is 0. The average Bonchev–Trinajstić information content (AvgIpc) is 1.99. The van der Waals surface area contributed by atoms with Crippen LogP contribution in [0.25, 0.3) is 0 Å². The molecule has 1 aliphatic rings. The van der Waals surface area contributed by atoms with Crippen LogP contribution in [0.5, 0.6) is 0 Å². The van der Waals surface area contributed by atoms with Gasteiger partial charge in [-0.15, -0.1) is 0 Å². The molecule has 1 rings (SSSR count). The van der Waals surface area contributed by atoms with E-state index >= 15 is 0 Å². The molecule has 0 aromatic rings. The number of aliphatic hydroxyl groups is 1. The first-order valence-electron chi connectivity index (χ1n) is 4.69. The minimum absolute atomic E-state index is 0.347. The van der Waals surface area contributed by atoms with Crippen molar-refractivity contribution in [3.8, 4) is 0 Å². The Bertz CT molecular complexity index is 151. The lowest BCUT2D eigenvalue weighted by atomic mass is 9.80. The van der Waals surface area contributed by atoms with Crippen molar-refractivity contribution in [1.29, 1.82) is 0 Å². The highest BCUT2D eigenvalue weighted by Gasteiger charge is 2.36. The topological polar surface area (TPSA) is 49.5 Å². The number of likely N-dealkylation sites (tertiary alicyclic amines) is 1. The molecule has 2 atom stereocenters. The molecule has 0 aromatic heterocycles. The summed E-state index contributed by atoms with van der Waals surface area (Å²) in [6, 6.07) is 0. The van der Waals surface area contributed by atoms with E-state index in [1.54, 1.807) is 0 Å². The van der Waals surface area contributed by atoms with E-state index < -0.39 is 5.60 Å². The zero-order valence-corrected chi connectivity index (χ0v) is 8.08. The summed E-state index contributed by atoms with van der Waals surface area (Å²) in [6.45, 7) is 4.66. The average molecular weight is 172 g/mol. The van der Waals surface area contributed by atoms with Gasteiger partial charge in [0.2, 0.25) is 0 Å². The molecule has 0 aliphatic carbocycles.